The van der Waals surface area contributed by atoms with Crippen LogP contribution in [0.4, 0.5) is 0 Å². The number of fused-ring (bicyclic) bond motifs is 1. The Hall–Kier alpha value is -1.36. The first kappa shape index (κ1) is 18.0. The van der Waals surface area contributed by atoms with Gasteiger partial charge in [-0.3, -0.25) is 4.79 Å². The molecule has 0 bridgehead atoms. The van der Waals surface area contributed by atoms with Crippen LogP contribution in [-0.2, 0) is 21.1 Å². The molecule has 0 heterocycles. The van der Waals surface area contributed by atoms with Crippen LogP contribution >= 0.6 is 0 Å². The van der Waals surface area contributed by atoms with Crippen LogP contribution in [0.1, 0.15) is 50.7 Å². The van der Waals surface area contributed by atoms with Crippen molar-refractivity contribution in [3.8, 4) is 0 Å². The van der Waals surface area contributed by atoms with Gasteiger partial charge in [-0.2, -0.15) is 0 Å². The standard InChI is InChI=1S/C18H27NO3S/c1-4-19(14(3)13-23(21,22)5-2)18(20)17-12-8-10-15-9-6-7-11-16(15)17/h6-7,9,11,14,17H,4-5,8,10,12-13H2,1-3H3. The minimum Gasteiger partial charge on any atom is -0.339 e. The van der Waals surface area contributed by atoms with Gasteiger partial charge in [0.1, 0.15) is 0 Å². The molecule has 1 aromatic carbocycles. The molecule has 4 nitrogen and oxygen atoms in total. The summed E-state index contributed by atoms with van der Waals surface area (Å²) in [6.45, 7) is 5.94. The molecule has 0 fully saturated rings. The first-order valence-corrected chi connectivity index (χ1v) is 10.3. The van der Waals surface area contributed by atoms with Crippen molar-refractivity contribution in [2.24, 2.45) is 0 Å². The average Bonchev–Trinajstić information content (AvgIpc) is 2.54. The van der Waals surface area contributed by atoms with E-state index in [1.807, 2.05) is 32.0 Å². The Morgan fingerprint density at radius 1 is 1.30 bits per heavy atom. The van der Waals surface area contributed by atoms with Crippen molar-refractivity contribution in [2.75, 3.05) is 18.1 Å². The van der Waals surface area contributed by atoms with Crippen LogP contribution in [0.3, 0.4) is 0 Å². The second-order valence-corrected chi connectivity index (χ2v) is 8.71. The van der Waals surface area contributed by atoms with Crippen LogP contribution in [0.5, 0.6) is 0 Å². The molecule has 0 N–H and O–H groups in total. The molecule has 0 aliphatic heterocycles. The van der Waals surface area contributed by atoms with Crippen LogP contribution in [0, 0.1) is 0 Å². The average molecular weight is 337 g/mol. The lowest BCUT2D eigenvalue weighted by molar-refractivity contribution is -0.134. The molecule has 2 rings (SSSR count). The van der Waals surface area contributed by atoms with Gasteiger partial charge in [0, 0.05) is 18.3 Å². The van der Waals surface area contributed by atoms with Gasteiger partial charge in [-0.25, -0.2) is 8.42 Å². The maximum absolute atomic E-state index is 13.0. The van der Waals surface area contributed by atoms with Crippen LogP contribution < -0.4 is 0 Å². The first-order chi connectivity index (χ1) is 10.9. The summed E-state index contributed by atoms with van der Waals surface area (Å²) in [4.78, 5) is 14.8. The molecule has 0 saturated carbocycles. The molecule has 1 aliphatic rings. The third kappa shape index (κ3) is 4.14. The Morgan fingerprint density at radius 2 is 2.00 bits per heavy atom. The molecule has 1 aromatic rings. The van der Waals surface area contributed by atoms with Gasteiger partial charge < -0.3 is 4.90 Å². The molecular formula is C18H27NO3S. The van der Waals surface area contributed by atoms with E-state index in [-0.39, 0.29) is 29.4 Å². The highest BCUT2D eigenvalue weighted by molar-refractivity contribution is 7.91. The van der Waals surface area contributed by atoms with E-state index >= 15 is 0 Å². The van der Waals surface area contributed by atoms with Crippen molar-refractivity contribution < 1.29 is 13.2 Å². The van der Waals surface area contributed by atoms with Gasteiger partial charge in [0.05, 0.1) is 11.7 Å². The summed E-state index contributed by atoms with van der Waals surface area (Å²) < 4.78 is 23.8. The van der Waals surface area contributed by atoms with Gasteiger partial charge in [-0.1, -0.05) is 31.2 Å². The SMILES string of the molecule is CCN(C(=O)C1CCCc2ccccc21)C(C)CS(=O)(=O)CC. The van der Waals surface area contributed by atoms with E-state index < -0.39 is 9.84 Å². The zero-order valence-electron chi connectivity index (χ0n) is 14.3. The number of rotatable bonds is 6. The summed E-state index contributed by atoms with van der Waals surface area (Å²) in [5.74, 6) is 0.0948. The van der Waals surface area contributed by atoms with E-state index in [0.717, 1.165) is 24.8 Å². The summed E-state index contributed by atoms with van der Waals surface area (Å²) in [5, 5.41) is 0. The van der Waals surface area contributed by atoms with E-state index in [4.69, 9.17) is 0 Å². The first-order valence-electron chi connectivity index (χ1n) is 8.48. The van der Waals surface area contributed by atoms with Crippen LogP contribution in [-0.4, -0.2) is 43.3 Å². The highest BCUT2D eigenvalue weighted by Gasteiger charge is 2.32. The molecule has 2 atom stereocenters. The predicted molar refractivity (Wildman–Crippen MR) is 93.3 cm³/mol. The molecule has 128 valence electrons. The number of aryl methyl sites for hydroxylation is 1. The van der Waals surface area contributed by atoms with E-state index in [1.165, 1.54) is 5.56 Å². The van der Waals surface area contributed by atoms with Crippen molar-refractivity contribution in [3.63, 3.8) is 0 Å². The number of likely N-dealkylation sites (N-methyl/N-ethyl adjacent to an activating group) is 1. The Balaban J connectivity index is 2.21. The van der Waals surface area contributed by atoms with Gasteiger partial charge in [0.15, 0.2) is 9.84 Å². The molecule has 2 unspecified atom stereocenters. The van der Waals surface area contributed by atoms with Gasteiger partial charge >= 0.3 is 0 Å². The molecule has 0 aromatic heterocycles. The summed E-state index contributed by atoms with van der Waals surface area (Å²) in [6, 6.07) is 7.84. The zero-order chi connectivity index (χ0) is 17.0. The number of benzene rings is 1. The Labute approximate surface area is 139 Å². The normalized spacial score (nSPS) is 19.0. The quantitative estimate of drug-likeness (QED) is 0.802. The Bertz CT molecular complexity index is 654. The minimum atomic E-state index is -3.09. The minimum absolute atomic E-state index is 0.0391. The fourth-order valence-electron chi connectivity index (χ4n) is 3.47. The lowest BCUT2D eigenvalue weighted by Crippen LogP contribution is -2.45. The molecule has 23 heavy (non-hydrogen) atoms. The van der Waals surface area contributed by atoms with E-state index in [2.05, 4.69) is 6.07 Å². The van der Waals surface area contributed by atoms with Crippen molar-refractivity contribution in [1.82, 2.24) is 4.90 Å². The Morgan fingerprint density at radius 3 is 2.65 bits per heavy atom. The van der Waals surface area contributed by atoms with Gasteiger partial charge in [0.25, 0.3) is 0 Å². The van der Waals surface area contributed by atoms with Crippen molar-refractivity contribution in [2.45, 2.75) is 52.0 Å². The third-order valence-corrected chi connectivity index (χ3v) is 6.63. The number of carbonyl (C=O) groups is 1. The van der Waals surface area contributed by atoms with Gasteiger partial charge in [-0.15, -0.1) is 0 Å². The van der Waals surface area contributed by atoms with Crippen LogP contribution in [0.15, 0.2) is 24.3 Å². The maximum atomic E-state index is 13.0. The van der Waals surface area contributed by atoms with E-state index in [0.29, 0.717) is 6.54 Å². The topological polar surface area (TPSA) is 54.5 Å². The molecule has 1 aliphatic carbocycles. The summed E-state index contributed by atoms with van der Waals surface area (Å²) in [5.41, 5.74) is 2.37. The number of hydrogen-bond acceptors (Lipinski definition) is 3. The lowest BCUT2D eigenvalue weighted by atomic mass is 9.82. The number of amides is 1. The maximum Gasteiger partial charge on any atom is 0.230 e. The largest absolute Gasteiger partial charge is 0.339 e. The summed E-state index contributed by atoms with van der Waals surface area (Å²) in [7, 11) is -3.09. The second-order valence-electron chi connectivity index (χ2n) is 6.32. The second kappa shape index (κ2) is 7.47. The fraction of sp³-hybridized carbons (Fsp3) is 0.611. The molecule has 1 amide bonds. The number of carbonyl (C=O) groups excluding carboxylic acids is 1. The fourth-order valence-corrected chi connectivity index (χ4v) is 4.62. The van der Waals surface area contributed by atoms with Gasteiger partial charge in [-0.05, 0) is 44.2 Å². The van der Waals surface area contributed by atoms with Crippen molar-refractivity contribution >= 4 is 15.7 Å². The smallest absolute Gasteiger partial charge is 0.230 e. The van der Waals surface area contributed by atoms with Crippen molar-refractivity contribution in [1.29, 1.82) is 0 Å². The van der Waals surface area contributed by atoms with E-state index in [1.54, 1.807) is 11.8 Å². The molecule has 0 spiro atoms. The third-order valence-electron chi connectivity index (χ3n) is 4.76. The molecule has 5 heteroatoms. The number of sulfone groups is 1. The number of hydrogen-bond donors (Lipinski definition) is 0. The predicted octanol–water partition coefficient (Wildman–Crippen LogP) is 2.78. The monoisotopic (exact) mass is 337 g/mol. The van der Waals surface area contributed by atoms with Crippen molar-refractivity contribution in [3.05, 3.63) is 35.4 Å². The number of nitrogens with zero attached hydrogens (tertiary/aromatic N) is 1. The van der Waals surface area contributed by atoms with E-state index in [9.17, 15) is 13.2 Å². The highest BCUT2D eigenvalue weighted by Crippen LogP contribution is 2.33. The summed E-state index contributed by atoms with van der Waals surface area (Å²) in [6.07, 6.45) is 2.87. The zero-order valence-corrected chi connectivity index (χ0v) is 15.1. The highest BCUT2D eigenvalue weighted by atomic mass is 32.2. The molecule has 0 radical (unpaired) electrons. The summed E-state index contributed by atoms with van der Waals surface area (Å²) >= 11 is 0. The lowest BCUT2D eigenvalue weighted by Gasteiger charge is -2.34. The van der Waals surface area contributed by atoms with Crippen LogP contribution in [0.25, 0.3) is 0 Å². The molecule has 0 saturated heterocycles. The Kier molecular flexibility index (Phi) is 5.84. The molecular weight excluding hydrogens is 310 g/mol. The van der Waals surface area contributed by atoms with Crippen LogP contribution in [0.2, 0.25) is 0 Å². The van der Waals surface area contributed by atoms with Gasteiger partial charge in [0.2, 0.25) is 5.91 Å².